The maximum atomic E-state index is 11.8. The number of rotatable bonds is 5. The molecule has 0 aliphatic heterocycles. The van der Waals surface area contributed by atoms with Crippen molar-refractivity contribution in [3.8, 4) is 0 Å². The zero-order valence-electron chi connectivity index (χ0n) is 19.3. The van der Waals surface area contributed by atoms with Crippen LogP contribution in [0, 0.1) is 0 Å². The number of aromatic carboxylic acids is 1. The molecular formula is C28H33NO2. The average molecular weight is 416 g/mol. The van der Waals surface area contributed by atoms with Gasteiger partial charge in [0.05, 0.1) is 5.56 Å². The number of carbonyl (C=O) groups is 1. The molecule has 1 aliphatic carbocycles. The first-order valence-corrected chi connectivity index (χ1v) is 11.3. The lowest BCUT2D eigenvalue weighted by atomic mass is 9.63. The summed E-state index contributed by atoms with van der Waals surface area (Å²) in [5, 5.41) is 15.1. The van der Waals surface area contributed by atoms with Crippen molar-refractivity contribution in [1.82, 2.24) is 0 Å². The van der Waals surface area contributed by atoms with Crippen LogP contribution in [0.3, 0.4) is 0 Å². The summed E-state index contributed by atoms with van der Waals surface area (Å²) in [5.41, 5.74) is 6.92. The van der Waals surface area contributed by atoms with Crippen molar-refractivity contribution in [2.45, 2.75) is 71.3 Å². The van der Waals surface area contributed by atoms with Crippen LogP contribution in [0.4, 0.5) is 5.69 Å². The number of benzene rings is 3. The second kappa shape index (κ2) is 7.71. The topological polar surface area (TPSA) is 49.3 Å². The molecule has 31 heavy (non-hydrogen) atoms. The van der Waals surface area contributed by atoms with Crippen molar-refractivity contribution < 1.29 is 9.90 Å². The first kappa shape index (κ1) is 21.4. The summed E-state index contributed by atoms with van der Waals surface area (Å²) in [5.74, 6) is -0.854. The van der Waals surface area contributed by atoms with Gasteiger partial charge in [-0.2, -0.15) is 0 Å². The summed E-state index contributed by atoms with van der Waals surface area (Å²) in [6, 6.07) is 16.9. The Balaban J connectivity index is 1.61. The van der Waals surface area contributed by atoms with Gasteiger partial charge in [0, 0.05) is 12.2 Å². The zero-order valence-corrected chi connectivity index (χ0v) is 19.3. The highest BCUT2D eigenvalue weighted by Gasteiger charge is 2.36. The number of fused-ring (bicyclic) bond motifs is 2. The molecule has 0 fully saturated rings. The van der Waals surface area contributed by atoms with Gasteiger partial charge in [-0.1, -0.05) is 65.0 Å². The predicted octanol–water partition coefficient (Wildman–Crippen LogP) is 7.06. The highest BCUT2D eigenvalue weighted by molar-refractivity contribution is 6.05. The van der Waals surface area contributed by atoms with Gasteiger partial charge in [0.15, 0.2) is 0 Å². The van der Waals surface area contributed by atoms with Gasteiger partial charge in [0.2, 0.25) is 0 Å². The molecule has 3 heteroatoms. The normalized spacial score (nSPS) is 16.7. The van der Waals surface area contributed by atoms with Crippen molar-refractivity contribution in [2.75, 3.05) is 5.32 Å². The Bertz CT molecular complexity index is 1160. The maximum absolute atomic E-state index is 11.8. The molecular weight excluding hydrogens is 382 g/mol. The van der Waals surface area contributed by atoms with E-state index < -0.39 is 5.97 Å². The van der Waals surface area contributed by atoms with Crippen molar-refractivity contribution in [1.29, 1.82) is 0 Å². The smallest absolute Gasteiger partial charge is 0.336 e. The van der Waals surface area contributed by atoms with E-state index >= 15 is 0 Å². The van der Waals surface area contributed by atoms with Crippen LogP contribution in [0.1, 0.15) is 80.1 Å². The fourth-order valence-electron chi connectivity index (χ4n) is 4.98. The molecule has 0 aromatic heterocycles. The van der Waals surface area contributed by atoms with E-state index in [9.17, 15) is 9.90 Å². The van der Waals surface area contributed by atoms with Crippen LogP contribution in [-0.2, 0) is 23.8 Å². The van der Waals surface area contributed by atoms with E-state index in [2.05, 4.69) is 57.3 Å². The lowest BCUT2D eigenvalue weighted by Crippen LogP contribution is -2.33. The quantitative estimate of drug-likeness (QED) is 0.469. The summed E-state index contributed by atoms with van der Waals surface area (Å²) in [4.78, 5) is 11.8. The predicted molar refractivity (Wildman–Crippen MR) is 129 cm³/mol. The number of carboxylic acids is 1. The van der Waals surface area contributed by atoms with Gasteiger partial charge in [0.25, 0.3) is 0 Å². The van der Waals surface area contributed by atoms with Crippen molar-refractivity contribution >= 4 is 22.4 Å². The molecule has 0 spiro atoms. The molecule has 0 saturated carbocycles. The minimum absolute atomic E-state index is 0.190. The highest BCUT2D eigenvalue weighted by atomic mass is 16.4. The Morgan fingerprint density at radius 2 is 1.65 bits per heavy atom. The molecule has 3 aromatic rings. The molecule has 4 rings (SSSR count). The number of hydrogen-bond acceptors (Lipinski definition) is 2. The summed E-state index contributed by atoms with van der Waals surface area (Å²) >= 11 is 0. The third-order valence-corrected chi connectivity index (χ3v) is 7.11. The third kappa shape index (κ3) is 3.94. The molecule has 2 N–H and O–H groups in total. The van der Waals surface area contributed by atoms with E-state index in [4.69, 9.17) is 0 Å². The summed E-state index contributed by atoms with van der Waals surface area (Å²) in [7, 11) is 0. The SMILES string of the molecule is CCc1ccc2cc(CNc3ccc4c(c3)C(C)(C)CCC4(C)C)ccc2c1C(=O)O. The number of carboxylic acid groups (broad SMARTS) is 1. The van der Waals surface area contributed by atoms with E-state index in [1.54, 1.807) is 0 Å². The van der Waals surface area contributed by atoms with Crippen LogP contribution in [0.15, 0.2) is 48.5 Å². The molecule has 0 bridgehead atoms. The Labute approximate surface area is 185 Å². The molecule has 0 radical (unpaired) electrons. The van der Waals surface area contributed by atoms with Crippen molar-refractivity contribution in [3.05, 3.63) is 76.3 Å². The minimum atomic E-state index is -0.854. The van der Waals surface area contributed by atoms with E-state index in [0.717, 1.165) is 27.6 Å². The van der Waals surface area contributed by atoms with Crippen LogP contribution in [0.2, 0.25) is 0 Å². The number of hydrogen-bond donors (Lipinski definition) is 2. The van der Waals surface area contributed by atoms with Crippen LogP contribution in [0.5, 0.6) is 0 Å². The Hall–Kier alpha value is -2.81. The monoisotopic (exact) mass is 415 g/mol. The first-order valence-electron chi connectivity index (χ1n) is 11.3. The summed E-state index contributed by atoms with van der Waals surface area (Å²) in [6.07, 6.45) is 3.13. The lowest BCUT2D eigenvalue weighted by molar-refractivity contribution is 0.0698. The van der Waals surface area contributed by atoms with E-state index in [0.29, 0.717) is 18.5 Å². The average Bonchev–Trinajstić information content (AvgIpc) is 2.74. The largest absolute Gasteiger partial charge is 0.478 e. The molecule has 0 heterocycles. The lowest BCUT2D eigenvalue weighted by Gasteiger charge is -2.42. The Morgan fingerprint density at radius 3 is 2.32 bits per heavy atom. The standard InChI is InChI=1S/C28H33NO2/c1-6-19-8-9-20-15-18(7-11-22(20)25(19)26(30)31)17-29-21-10-12-23-24(16-21)28(4,5)14-13-27(23,2)3/h7-12,15-16,29H,6,13-14,17H2,1-5H3,(H,30,31). The molecule has 1 aliphatic rings. The number of anilines is 1. The second-order valence-electron chi connectivity index (χ2n) is 10.2. The molecule has 0 unspecified atom stereocenters. The van der Waals surface area contributed by atoms with Gasteiger partial charge in [-0.05, 0) is 81.3 Å². The van der Waals surface area contributed by atoms with E-state index in [-0.39, 0.29) is 10.8 Å². The van der Waals surface area contributed by atoms with Crippen LogP contribution in [0.25, 0.3) is 10.8 Å². The van der Waals surface area contributed by atoms with Crippen LogP contribution < -0.4 is 5.32 Å². The van der Waals surface area contributed by atoms with Gasteiger partial charge in [-0.25, -0.2) is 4.79 Å². The van der Waals surface area contributed by atoms with Gasteiger partial charge in [-0.15, -0.1) is 0 Å². The fraction of sp³-hybridized carbons (Fsp3) is 0.393. The third-order valence-electron chi connectivity index (χ3n) is 7.11. The summed E-state index contributed by atoms with van der Waals surface area (Å²) < 4.78 is 0. The van der Waals surface area contributed by atoms with Gasteiger partial charge in [-0.3, -0.25) is 0 Å². The highest BCUT2D eigenvalue weighted by Crippen LogP contribution is 2.46. The van der Waals surface area contributed by atoms with Gasteiger partial charge >= 0.3 is 5.97 Å². The van der Waals surface area contributed by atoms with E-state index in [1.165, 1.54) is 24.0 Å². The van der Waals surface area contributed by atoms with E-state index in [1.807, 2.05) is 31.2 Å². The Morgan fingerprint density at radius 1 is 0.935 bits per heavy atom. The number of aryl methyl sites for hydroxylation is 1. The van der Waals surface area contributed by atoms with Crippen molar-refractivity contribution in [3.63, 3.8) is 0 Å². The van der Waals surface area contributed by atoms with Gasteiger partial charge in [0.1, 0.15) is 0 Å². The maximum Gasteiger partial charge on any atom is 0.336 e. The van der Waals surface area contributed by atoms with Gasteiger partial charge < -0.3 is 10.4 Å². The minimum Gasteiger partial charge on any atom is -0.478 e. The number of nitrogens with one attached hydrogen (secondary N) is 1. The second-order valence-corrected chi connectivity index (χ2v) is 10.2. The van der Waals surface area contributed by atoms with Crippen LogP contribution in [-0.4, -0.2) is 11.1 Å². The molecule has 162 valence electrons. The first-order chi connectivity index (χ1) is 14.6. The van der Waals surface area contributed by atoms with Crippen LogP contribution >= 0.6 is 0 Å². The Kier molecular flexibility index (Phi) is 5.33. The van der Waals surface area contributed by atoms with Crippen molar-refractivity contribution in [2.24, 2.45) is 0 Å². The fourth-order valence-corrected chi connectivity index (χ4v) is 4.98. The molecule has 0 amide bonds. The zero-order chi connectivity index (χ0) is 22.4. The molecule has 0 atom stereocenters. The molecule has 0 saturated heterocycles. The molecule has 3 aromatic carbocycles. The summed E-state index contributed by atoms with van der Waals surface area (Å²) in [6.45, 7) is 12.1. The molecule has 3 nitrogen and oxygen atoms in total.